The molecule has 1 aromatic carbocycles. The predicted molar refractivity (Wildman–Crippen MR) is 85.9 cm³/mol. The van der Waals surface area contributed by atoms with E-state index in [2.05, 4.69) is 22.2 Å². The first-order valence-electron chi connectivity index (χ1n) is 7.73. The Labute approximate surface area is 134 Å². The summed E-state index contributed by atoms with van der Waals surface area (Å²) in [5.74, 6) is 0.631. The molecule has 0 fully saturated rings. The molecule has 0 bridgehead atoms. The van der Waals surface area contributed by atoms with Crippen LogP contribution in [-0.4, -0.2) is 28.6 Å². The van der Waals surface area contributed by atoms with E-state index < -0.39 is 5.97 Å². The number of hydrogen-bond donors (Lipinski definition) is 1. The minimum Gasteiger partial charge on any atom is -0.461 e. The minimum atomic E-state index is -0.484. The molecule has 0 radical (unpaired) electrons. The summed E-state index contributed by atoms with van der Waals surface area (Å²) < 4.78 is 10.7. The largest absolute Gasteiger partial charge is 0.461 e. The fourth-order valence-corrected chi connectivity index (χ4v) is 2.54. The third kappa shape index (κ3) is 3.41. The lowest BCUT2D eigenvalue weighted by molar-refractivity contribution is 0.0519. The van der Waals surface area contributed by atoms with Crippen LogP contribution in [0.5, 0.6) is 11.6 Å². The van der Waals surface area contributed by atoms with Gasteiger partial charge in [0.15, 0.2) is 5.69 Å². The first-order valence-corrected chi connectivity index (χ1v) is 7.73. The van der Waals surface area contributed by atoms with Gasteiger partial charge in [0.25, 0.3) is 0 Å². The summed E-state index contributed by atoms with van der Waals surface area (Å²) in [7, 11) is 0. The van der Waals surface area contributed by atoms with Gasteiger partial charge in [-0.2, -0.15) is 0 Å². The van der Waals surface area contributed by atoms with E-state index in [-0.39, 0.29) is 5.69 Å². The average molecular weight is 313 g/mol. The Balaban J connectivity index is 1.78. The van der Waals surface area contributed by atoms with Gasteiger partial charge < -0.3 is 14.8 Å². The summed E-state index contributed by atoms with van der Waals surface area (Å²) in [6.07, 6.45) is 4.81. The molecule has 120 valence electrons. The molecule has 2 heterocycles. The Hall–Kier alpha value is -2.63. The number of carbonyl (C=O) groups excluding carboxylic acids is 1. The molecule has 1 aliphatic rings. The van der Waals surface area contributed by atoms with Gasteiger partial charge in [0, 0.05) is 17.3 Å². The lowest BCUT2D eigenvalue weighted by atomic mass is 9.98. The van der Waals surface area contributed by atoms with Crippen LogP contribution in [0.15, 0.2) is 30.6 Å². The molecule has 23 heavy (non-hydrogen) atoms. The smallest absolute Gasteiger partial charge is 0.358 e. The van der Waals surface area contributed by atoms with Crippen LogP contribution < -0.4 is 10.1 Å². The van der Waals surface area contributed by atoms with Crippen molar-refractivity contribution in [3.05, 3.63) is 41.9 Å². The highest BCUT2D eigenvalue weighted by molar-refractivity contribution is 5.86. The topological polar surface area (TPSA) is 73.3 Å². The van der Waals surface area contributed by atoms with Gasteiger partial charge in [0.1, 0.15) is 5.75 Å². The number of rotatable bonds is 4. The molecule has 0 saturated heterocycles. The molecule has 3 rings (SSSR count). The van der Waals surface area contributed by atoms with Gasteiger partial charge >= 0.3 is 5.97 Å². The highest BCUT2D eigenvalue weighted by Gasteiger charge is 2.18. The zero-order chi connectivity index (χ0) is 16.2. The van der Waals surface area contributed by atoms with Crippen molar-refractivity contribution in [2.24, 2.45) is 0 Å². The fourth-order valence-electron chi connectivity index (χ4n) is 2.54. The second kappa shape index (κ2) is 6.64. The molecule has 1 aliphatic heterocycles. The number of fused-ring (bicyclic) bond motifs is 1. The predicted octanol–water partition coefficient (Wildman–Crippen LogP) is 3.19. The zero-order valence-corrected chi connectivity index (χ0v) is 13.2. The quantitative estimate of drug-likeness (QED) is 0.874. The normalized spacial score (nSPS) is 16.2. The van der Waals surface area contributed by atoms with Crippen molar-refractivity contribution >= 4 is 11.7 Å². The van der Waals surface area contributed by atoms with Crippen LogP contribution in [0.1, 0.15) is 36.3 Å². The standard InChI is InChI=1S/C17H19N3O3/c1-3-22-17(21)14-9-19-16(10-18-14)23-15-6-4-5-13-12(15)8-7-11(2)20-13/h4-6,9-11,20H,3,7-8H2,1-2H3. The van der Waals surface area contributed by atoms with E-state index in [0.29, 0.717) is 18.5 Å². The van der Waals surface area contributed by atoms with Crippen molar-refractivity contribution < 1.29 is 14.3 Å². The Morgan fingerprint density at radius 1 is 1.35 bits per heavy atom. The number of nitrogens with zero attached hydrogens (tertiary/aromatic N) is 2. The SMILES string of the molecule is CCOC(=O)c1cnc(Oc2cccc3c2CCC(C)N3)cn1. The summed E-state index contributed by atoms with van der Waals surface area (Å²) in [4.78, 5) is 19.7. The highest BCUT2D eigenvalue weighted by atomic mass is 16.5. The number of hydrogen-bond acceptors (Lipinski definition) is 6. The molecule has 1 N–H and O–H groups in total. The first-order chi connectivity index (χ1) is 11.2. The number of aromatic nitrogens is 2. The molecule has 0 saturated carbocycles. The van der Waals surface area contributed by atoms with Crippen LogP contribution in [0.2, 0.25) is 0 Å². The molecule has 1 unspecified atom stereocenters. The van der Waals surface area contributed by atoms with E-state index >= 15 is 0 Å². The van der Waals surface area contributed by atoms with Crippen LogP contribution in [0.4, 0.5) is 5.69 Å². The van der Waals surface area contributed by atoms with Crippen LogP contribution >= 0.6 is 0 Å². The van der Waals surface area contributed by atoms with Crippen LogP contribution in [0.3, 0.4) is 0 Å². The van der Waals surface area contributed by atoms with E-state index in [0.717, 1.165) is 29.8 Å². The third-order valence-electron chi connectivity index (χ3n) is 3.69. The number of esters is 1. The number of nitrogens with one attached hydrogen (secondary N) is 1. The van der Waals surface area contributed by atoms with E-state index in [1.807, 2.05) is 18.2 Å². The Morgan fingerprint density at radius 2 is 2.22 bits per heavy atom. The monoisotopic (exact) mass is 313 g/mol. The van der Waals surface area contributed by atoms with Crippen molar-refractivity contribution in [1.82, 2.24) is 9.97 Å². The first kappa shape index (κ1) is 15.3. The molecule has 2 aromatic rings. The molecule has 0 aliphatic carbocycles. The van der Waals surface area contributed by atoms with Gasteiger partial charge in [-0.1, -0.05) is 6.07 Å². The van der Waals surface area contributed by atoms with Crippen molar-refractivity contribution in [3.8, 4) is 11.6 Å². The fraction of sp³-hybridized carbons (Fsp3) is 0.353. The number of benzene rings is 1. The maximum absolute atomic E-state index is 11.6. The highest BCUT2D eigenvalue weighted by Crippen LogP contribution is 2.34. The summed E-state index contributed by atoms with van der Waals surface area (Å²) in [6.45, 7) is 4.21. The van der Waals surface area contributed by atoms with Gasteiger partial charge in [-0.3, -0.25) is 0 Å². The van der Waals surface area contributed by atoms with Crippen molar-refractivity contribution in [2.45, 2.75) is 32.7 Å². The van der Waals surface area contributed by atoms with Crippen molar-refractivity contribution in [2.75, 3.05) is 11.9 Å². The summed E-state index contributed by atoms with van der Waals surface area (Å²) in [5, 5.41) is 3.45. The zero-order valence-electron chi connectivity index (χ0n) is 13.2. The third-order valence-corrected chi connectivity index (χ3v) is 3.69. The average Bonchev–Trinajstić information content (AvgIpc) is 2.55. The molecule has 0 amide bonds. The molecule has 1 aromatic heterocycles. The molecule has 1 atom stereocenters. The van der Waals surface area contributed by atoms with Crippen LogP contribution in [0.25, 0.3) is 0 Å². The maximum Gasteiger partial charge on any atom is 0.358 e. The second-order valence-corrected chi connectivity index (χ2v) is 5.43. The van der Waals surface area contributed by atoms with Gasteiger partial charge in [0.05, 0.1) is 19.0 Å². The molecule has 6 heteroatoms. The van der Waals surface area contributed by atoms with Crippen molar-refractivity contribution in [3.63, 3.8) is 0 Å². The second-order valence-electron chi connectivity index (χ2n) is 5.43. The number of carbonyl (C=O) groups is 1. The number of anilines is 1. The lowest BCUT2D eigenvalue weighted by Crippen LogP contribution is -2.22. The van der Waals surface area contributed by atoms with Crippen molar-refractivity contribution in [1.29, 1.82) is 0 Å². The molecular formula is C17H19N3O3. The summed E-state index contributed by atoms with van der Waals surface area (Å²) in [5.41, 5.74) is 2.41. The maximum atomic E-state index is 11.6. The van der Waals surface area contributed by atoms with Crippen LogP contribution in [0, 0.1) is 0 Å². The molecule has 6 nitrogen and oxygen atoms in total. The summed E-state index contributed by atoms with van der Waals surface area (Å²) in [6, 6.07) is 6.37. The van der Waals surface area contributed by atoms with Gasteiger partial charge in [-0.05, 0) is 38.8 Å². The van der Waals surface area contributed by atoms with Gasteiger partial charge in [0.2, 0.25) is 5.88 Å². The van der Waals surface area contributed by atoms with E-state index in [4.69, 9.17) is 9.47 Å². The van der Waals surface area contributed by atoms with E-state index in [9.17, 15) is 4.79 Å². The minimum absolute atomic E-state index is 0.171. The van der Waals surface area contributed by atoms with E-state index in [1.165, 1.54) is 12.4 Å². The van der Waals surface area contributed by atoms with Gasteiger partial charge in [-0.25, -0.2) is 14.8 Å². The summed E-state index contributed by atoms with van der Waals surface area (Å²) >= 11 is 0. The Bertz CT molecular complexity index is 701. The molecule has 0 spiro atoms. The Morgan fingerprint density at radius 3 is 2.96 bits per heavy atom. The van der Waals surface area contributed by atoms with Crippen LogP contribution in [-0.2, 0) is 11.2 Å². The molecular weight excluding hydrogens is 294 g/mol. The van der Waals surface area contributed by atoms with E-state index in [1.54, 1.807) is 6.92 Å². The Kier molecular flexibility index (Phi) is 4.41. The van der Waals surface area contributed by atoms with Gasteiger partial charge in [-0.15, -0.1) is 0 Å². The number of ether oxygens (including phenoxy) is 2. The lowest BCUT2D eigenvalue weighted by Gasteiger charge is -2.25.